The van der Waals surface area contributed by atoms with Gasteiger partial charge in [-0.05, 0) is 35.9 Å². The van der Waals surface area contributed by atoms with Crippen LogP contribution >= 0.6 is 23.2 Å². The SMILES string of the molecule is C=CCN(Cc1cccc(C(F)(F)F)c1)C(=O)c1cc(Cl)cc(Cl)c1. The Morgan fingerprint density at radius 2 is 1.76 bits per heavy atom. The maximum absolute atomic E-state index is 12.8. The molecule has 0 aliphatic rings. The molecular formula is C18H14Cl2F3NO. The Kier molecular flexibility index (Phi) is 6.14. The van der Waals surface area contributed by atoms with Gasteiger partial charge in [-0.15, -0.1) is 6.58 Å². The summed E-state index contributed by atoms with van der Waals surface area (Å²) in [5, 5.41) is 0.599. The van der Waals surface area contributed by atoms with Crippen LogP contribution in [0.25, 0.3) is 0 Å². The molecule has 0 atom stereocenters. The van der Waals surface area contributed by atoms with E-state index in [4.69, 9.17) is 23.2 Å². The maximum atomic E-state index is 12.8. The average Bonchev–Trinajstić information content (AvgIpc) is 2.52. The molecule has 0 aromatic heterocycles. The summed E-state index contributed by atoms with van der Waals surface area (Å²) < 4.78 is 38.5. The molecule has 2 nitrogen and oxygen atoms in total. The third kappa shape index (κ3) is 5.25. The fraction of sp³-hybridized carbons (Fsp3) is 0.167. The normalized spacial score (nSPS) is 11.2. The molecule has 2 rings (SSSR count). The van der Waals surface area contributed by atoms with Crippen molar-refractivity contribution >= 4 is 29.1 Å². The number of benzene rings is 2. The zero-order chi connectivity index (χ0) is 18.6. The van der Waals surface area contributed by atoms with Crippen LogP contribution < -0.4 is 0 Å². The Hall–Kier alpha value is -1.98. The van der Waals surface area contributed by atoms with E-state index >= 15 is 0 Å². The number of amides is 1. The molecule has 0 saturated carbocycles. The molecule has 0 N–H and O–H groups in total. The largest absolute Gasteiger partial charge is 0.416 e. The smallest absolute Gasteiger partial charge is 0.331 e. The lowest BCUT2D eigenvalue weighted by Gasteiger charge is -2.22. The van der Waals surface area contributed by atoms with Crippen LogP contribution in [0.5, 0.6) is 0 Å². The molecule has 25 heavy (non-hydrogen) atoms. The molecule has 0 radical (unpaired) electrons. The third-order valence-electron chi connectivity index (χ3n) is 3.37. The summed E-state index contributed by atoms with van der Waals surface area (Å²) in [6.45, 7) is 3.75. The number of alkyl halides is 3. The Bertz CT molecular complexity index is 770. The quantitative estimate of drug-likeness (QED) is 0.590. The minimum atomic E-state index is -4.44. The summed E-state index contributed by atoms with van der Waals surface area (Å²) in [7, 11) is 0. The molecule has 0 spiro atoms. The van der Waals surface area contributed by atoms with Crippen LogP contribution in [-0.2, 0) is 12.7 Å². The Morgan fingerprint density at radius 3 is 2.32 bits per heavy atom. The van der Waals surface area contributed by atoms with Gasteiger partial charge in [-0.1, -0.05) is 41.4 Å². The zero-order valence-electron chi connectivity index (χ0n) is 13.0. The molecule has 0 unspecified atom stereocenters. The highest BCUT2D eigenvalue weighted by atomic mass is 35.5. The fourth-order valence-electron chi connectivity index (χ4n) is 2.30. The van der Waals surface area contributed by atoms with Crippen molar-refractivity contribution in [1.29, 1.82) is 0 Å². The van der Waals surface area contributed by atoms with Gasteiger partial charge in [-0.2, -0.15) is 13.2 Å². The van der Waals surface area contributed by atoms with Crippen LogP contribution in [-0.4, -0.2) is 17.4 Å². The highest BCUT2D eigenvalue weighted by molar-refractivity contribution is 6.35. The van der Waals surface area contributed by atoms with Gasteiger partial charge in [0.1, 0.15) is 0 Å². The van der Waals surface area contributed by atoms with Crippen LogP contribution in [0.4, 0.5) is 13.2 Å². The number of nitrogens with zero attached hydrogens (tertiary/aromatic N) is 1. The van der Waals surface area contributed by atoms with Crippen molar-refractivity contribution in [3.05, 3.63) is 81.9 Å². The predicted molar refractivity (Wildman–Crippen MR) is 92.8 cm³/mol. The van der Waals surface area contributed by atoms with Gasteiger partial charge in [0.2, 0.25) is 0 Å². The highest BCUT2D eigenvalue weighted by Crippen LogP contribution is 2.30. The van der Waals surface area contributed by atoms with E-state index in [-0.39, 0.29) is 18.7 Å². The van der Waals surface area contributed by atoms with Crippen molar-refractivity contribution in [2.24, 2.45) is 0 Å². The van der Waals surface area contributed by atoms with E-state index in [1.807, 2.05) is 0 Å². The number of rotatable bonds is 5. The average molecular weight is 388 g/mol. The van der Waals surface area contributed by atoms with E-state index in [2.05, 4.69) is 6.58 Å². The summed E-state index contributed by atoms with van der Waals surface area (Å²) in [4.78, 5) is 14.0. The number of carbonyl (C=O) groups excluding carboxylic acids is 1. The second-order valence-electron chi connectivity index (χ2n) is 5.33. The lowest BCUT2D eigenvalue weighted by Crippen LogP contribution is -2.30. The molecule has 0 aliphatic heterocycles. The van der Waals surface area contributed by atoms with Crippen LogP contribution in [0.15, 0.2) is 55.1 Å². The van der Waals surface area contributed by atoms with Crippen molar-refractivity contribution in [3.8, 4) is 0 Å². The van der Waals surface area contributed by atoms with Crippen LogP contribution in [0.2, 0.25) is 10.0 Å². The maximum Gasteiger partial charge on any atom is 0.416 e. The standard InChI is InChI=1S/C18H14Cl2F3NO/c1-2-6-24(17(25)13-8-15(19)10-16(20)9-13)11-12-4-3-5-14(7-12)18(21,22)23/h2-5,7-10H,1,6,11H2. The van der Waals surface area contributed by atoms with Gasteiger partial charge in [0, 0.05) is 28.7 Å². The first-order valence-corrected chi connectivity index (χ1v) is 7.98. The van der Waals surface area contributed by atoms with Gasteiger partial charge >= 0.3 is 6.18 Å². The van der Waals surface area contributed by atoms with Gasteiger partial charge in [0.05, 0.1) is 5.56 Å². The molecule has 0 aliphatic carbocycles. The Balaban J connectivity index is 2.29. The van der Waals surface area contributed by atoms with Crippen LogP contribution in [0.3, 0.4) is 0 Å². The molecule has 0 heterocycles. The molecular weight excluding hydrogens is 374 g/mol. The predicted octanol–water partition coefficient (Wildman–Crippen LogP) is 5.84. The molecule has 132 valence electrons. The zero-order valence-corrected chi connectivity index (χ0v) is 14.5. The number of hydrogen-bond acceptors (Lipinski definition) is 1. The summed E-state index contributed by atoms with van der Waals surface area (Å²) in [5.41, 5.74) is -0.147. The number of carbonyl (C=O) groups is 1. The fourth-order valence-corrected chi connectivity index (χ4v) is 2.83. The van der Waals surface area contributed by atoms with E-state index in [0.29, 0.717) is 15.6 Å². The van der Waals surface area contributed by atoms with Gasteiger partial charge in [-0.3, -0.25) is 4.79 Å². The second-order valence-corrected chi connectivity index (χ2v) is 6.20. The molecule has 0 saturated heterocycles. The monoisotopic (exact) mass is 387 g/mol. The lowest BCUT2D eigenvalue weighted by molar-refractivity contribution is -0.137. The van der Waals surface area contributed by atoms with Gasteiger partial charge in [0.15, 0.2) is 0 Å². The second kappa shape index (κ2) is 7.93. The Labute approximate surface area is 153 Å². The first-order chi connectivity index (χ1) is 11.7. The summed E-state index contributed by atoms with van der Waals surface area (Å²) in [6, 6.07) is 9.25. The van der Waals surface area contributed by atoms with Gasteiger partial charge in [0.25, 0.3) is 5.91 Å². The van der Waals surface area contributed by atoms with Crippen molar-refractivity contribution in [1.82, 2.24) is 4.90 Å². The molecule has 0 fully saturated rings. The Morgan fingerprint density at radius 1 is 1.12 bits per heavy atom. The molecule has 1 amide bonds. The highest BCUT2D eigenvalue weighted by Gasteiger charge is 2.30. The summed E-state index contributed by atoms with van der Waals surface area (Å²) >= 11 is 11.8. The van der Waals surface area contributed by atoms with Gasteiger partial charge < -0.3 is 4.90 Å². The van der Waals surface area contributed by atoms with Crippen molar-refractivity contribution < 1.29 is 18.0 Å². The molecule has 2 aromatic rings. The first-order valence-electron chi connectivity index (χ1n) is 7.23. The lowest BCUT2D eigenvalue weighted by atomic mass is 10.1. The van der Waals surface area contributed by atoms with E-state index < -0.39 is 17.6 Å². The number of hydrogen-bond donors (Lipinski definition) is 0. The van der Waals surface area contributed by atoms with Crippen LogP contribution in [0.1, 0.15) is 21.5 Å². The number of halogens is 5. The van der Waals surface area contributed by atoms with E-state index in [9.17, 15) is 18.0 Å². The summed E-state index contributed by atoms with van der Waals surface area (Å²) in [6.07, 6.45) is -2.94. The third-order valence-corrected chi connectivity index (χ3v) is 3.81. The minimum absolute atomic E-state index is 0.00109. The minimum Gasteiger partial charge on any atom is -0.331 e. The molecule has 2 aromatic carbocycles. The van der Waals surface area contributed by atoms with E-state index in [0.717, 1.165) is 12.1 Å². The topological polar surface area (TPSA) is 20.3 Å². The van der Waals surface area contributed by atoms with E-state index in [1.54, 1.807) is 0 Å². The van der Waals surface area contributed by atoms with Crippen molar-refractivity contribution in [2.45, 2.75) is 12.7 Å². The molecule has 7 heteroatoms. The summed E-state index contributed by atoms with van der Waals surface area (Å²) in [5.74, 6) is -0.401. The first kappa shape index (κ1) is 19.3. The van der Waals surface area contributed by atoms with Crippen molar-refractivity contribution in [2.75, 3.05) is 6.54 Å². The molecule has 0 bridgehead atoms. The van der Waals surface area contributed by atoms with E-state index in [1.165, 1.54) is 41.3 Å². The van der Waals surface area contributed by atoms with Gasteiger partial charge in [-0.25, -0.2) is 0 Å². The van der Waals surface area contributed by atoms with Crippen molar-refractivity contribution in [3.63, 3.8) is 0 Å². The van der Waals surface area contributed by atoms with Crippen LogP contribution in [0, 0.1) is 0 Å².